The SMILES string of the molecule is CC[C@@H](N)c1ccc(N2CCC(COC)C2)cn1. The van der Waals surface area contributed by atoms with Crippen LogP contribution in [0.4, 0.5) is 5.69 Å². The highest BCUT2D eigenvalue weighted by Gasteiger charge is 2.22. The van der Waals surface area contributed by atoms with Gasteiger partial charge in [-0.05, 0) is 25.0 Å². The summed E-state index contributed by atoms with van der Waals surface area (Å²) in [7, 11) is 1.77. The van der Waals surface area contributed by atoms with Gasteiger partial charge in [-0.2, -0.15) is 0 Å². The third-order valence-corrected chi connectivity index (χ3v) is 3.64. The molecule has 1 aromatic heterocycles. The predicted octanol–water partition coefficient (Wildman–Crippen LogP) is 1.96. The fraction of sp³-hybridized carbons (Fsp3) is 0.643. The Kier molecular flexibility index (Phi) is 4.55. The van der Waals surface area contributed by atoms with E-state index in [1.807, 2.05) is 12.3 Å². The predicted molar refractivity (Wildman–Crippen MR) is 73.7 cm³/mol. The highest BCUT2D eigenvalue weighted by Crippen LogP contribution is 2.24. The largest absolute Gasteiger partial charge is 0.384 e. The monoisotopic (exact) mass is 249 g/mol. The van der Waals surface area contributed by atoms with Gasteiger partial charge >= 0.3 is 0 Å². The van der Waals surface area contributed by atoms with Crippen molar-refractivity contribution in [3.05, 3.63) is 24.0 Å². The molecule has 0 radical (unpaired) electrons. The van der Waals surface area contributed by atoms with Gasteiger partial charge in [0.05, 0.1) is 24.2 Å². The molecule has 1 saturated heterocycles. The Labute approximate surface area is 109 Å². The Morgan fingerprint density at radius 3 is 3.00 bits per heavy atom. The van der Waals surface area contributed by atoms with Crippen molar-refractivity contribution in [2.75, 3.05) is 31.7 Å². The Bertz CT molecular complexity index is 366. The average Bonchev–Trinajstić information content (AvgIpc) is 2.87. The van der Waals surface area contributed by atoms with Gasteiger partial charge in [0, 0.05) is 32.2 Å². The third kappa shape index (κ3) is 3.00. The number of hydrogen-bond donors (Lipinski definition) is 1. The maximum Gasteiger partial charge on any atom is 0.0572 e. The van der Waals surface area contributed by atoms with Crippen LogP contribution >= 0.6 is 0 Å². The van der Waals surface area contributed by atoms with Gasteiger partial charge < -0.3 is 15.4 Å². The zero-order valence-corrected chi connectivity index (χ0v) is 11.3. The number of anilines is 1. The molecular weight excluding hydrogens is 226 g/mol. The first kappa shape index (κ1) is 13.3. The van der Waals surface area contributed by atoms with E-state index in [2.05, 4.69) is 22.9 Å². The van der Waals surface area contributed by atoms with Crippen LogP contribution in [-0.2, 0) is 4.74 Å². The average molecular weight is 249 g/mol. The van der Waals surface area contributed by atoms with E-state index < -0.39 is 0 Å². The fourth-order valence-electron chi connectivity index (χ4n) is 2.45. The summed E-state index contributed by atoms with van der Waals surface area (Å²) < 4.78 is 5.22. The summed E-state index contributed by atoms with van der Waals surface area (Å²) in [5, 5.41) is 0. The van der Waals surface area contributed by atoms with Crippen LogP contribution in [-0.4, -0.2) is 31.8 Å². The maximum absolute atomic E-state index is 5.97. The van der Waals surface area contributed by atoms with Crippen LogP contribution in [0.25, 0.3) is 0 Å². The van der Waals surface area contributed by atoms with Crippen LogP contribution < -0.4 is 10.6 Å². The van der Waals surface area contributed by atoms with Crippen molar-refractivity contribution >= 4 is 5.69 Å². The normalized spacial score (nSPS) is 21.3. The summed E-state index contributed by atoms with van der Waals surface area (Å²) in [6.07, 6.45) is 4.07. The molecule has 0 aliphatic carbocycles. The van der Waals surface area contributed by atoms with E-state index in [-0.39, 0.29) is 6.04 Å². The van der Waals surface area contributed by atoms with Gasteiger partial charge in [-0.15, -0.1) is 0 Å². The van der Waals surface area contributed by atoms with Crippen molar-refractivity contribution in [1.29, 1.82) is 0 Å². The van der Waals surface area contributed by atoms with Crippen molar-refractivity contribution in [2.45, 2.75) is 25.8 Å². The summed E-state index contributed by atoms with van der Waals surface area (Å²) in [6, 6.07) is 4.24. The zero-order chi connectivity index (χ0) is 13.0. The van der Waals surface area contributed by atoms with Crippen molar-refractivity contribution in [1.82, 2.24) is 4.98 Å². The molecule has 2 N–H and O–H groups in total. The van der Waals surface area contributed by atoms with Crippen LogP contribution in [0.15, 0.2) is 18.3 Å². The molecule has 0 spiro atoms. The molecule has 4 heteroatoms. The van der Waals surface area contributed by atoms with Crippen molar-refractivity contribution in [3.63, 3.8) is 0 Å². The first-order chi connectivity index (χ1) is 8.74. The molecule has 0 saturated carbocycles. The molecule has 18 heavy (non-hydrogen) atoms. The van der Waals surface area contributed by atoms with Crippen molar-refractivity contribution in [3.8, 4) is 0 Å². The van der Waals surface area contributed by atoms with E-state index in [1.165, 1.54) is 12.1 Å². The lowest BCUT2D eigenvalue weighted by Gasteiger charge is -2.19. The van der Waals surface area contributed by atoms with Gasteiger partial charge in [0.15, 0.2) is 0 Å². The first-order valence-electron chi connectivity index (χ1n) is 6.70. The van der Waals surface area contributed by atoms with Crippen LogP contribution in [0.5, 0.6) is 0 Å². The highest BCUT2D eigenvalue weighted by atomic mass is 16.5. The molecule has 2 heterocycles. The minimum absolute atomic E-state index is 0.0545. The number of aromatic nitrogens is 1. The quantitative estimate of drug-likeness (QED) is 0.866. The van der Waals surface area contributed by atoms with Crippen LogP contribution in [0.3, 0.4) is 0 Å². The number of nitrogens with zero attached hydrogens (tertiary/aromatic N) is 2. The minimum atomic E-state index is 0.0545. The second-order valence-corrected chi connectivity index (χ2v) is 5.01. The molecule has 4 nitrogen and oxygen atoms in total. The molecule has 1 unspecified atom stereocenters. The van der Waals surface area contributed by atoms with Crippen molar-refractivity contribution in [2.24, 2.45) is 11.7 Å². The molecule has 2 rings (SSSR count). The van der Waals surface area contributed by atoms with E-state index >= 15 is 0 Å². The van der Waals surface area contributed by atoms with E-state index in [1.54, 1.807) is 7.11 Å². The molecule has 1 fully saturated rings. The molecule has 100 valence electrons. The molecule has 1 aliphatic rings. The Morgan fingerprint density at radius 1 is 1.56 bits per heavy atom. The first-order valence-corrected chi connectivity index (χ1v) is 6.70. The van der Waals surface area contributed by atoms with Gasteiger partial charge in [0.25, 0.3) is 0 Å². The third-order valence-electron chi connectivity index (χ3n) is 3.64. The van der Waals surface area contributed by atoms with E-state index in [0.29, 0.717) is 5.92 Å². The number of ether oxygens (including phenoxy) is 1. The molecule has 0 aromatic carbocycles. The molecule has 1 aromatic rings. The summed E-state index contributed by atoms with van der Waals surface area (Å²) in [5.41, 5.74) is 8.14. The highest BCUT2D eigenvalue weighted by molar-refractivity contribution is 5.45. The van der Waals surface area contributed by atoms with Gasteiger partial charge in [-0.3, -0.25) is 4.98 Å². The smallest absolute Gasteiger partial charge is 0.0572 e. The Morgan fingerprint density at radius 2 is 2.39 bits per heavy atom. The molecule has 0 amide bonds. The zero-order valence-electron chi connectivity index (χ0n) is 11.3. The van der Waals surface area contributed by atoms with E-state index in [4.69, 9.17) is 10.5 Å². The summed E-state index contributed by atoms with van der Waals surface area (Å²) >= 11 is 0. The number of rotatable bonds is 5. The molecular formula is C14H23N3O. The number of hydrogen-bond acceptors (Lipinski definition) is 4. The molecule has 0 bridgehead atoms. The summed E-state index contributed by atoms with van der Waals surface area (Å²) in [4.78, 5) is 6.84. The lowest BCUT2D eigenvalue weighted by molar-refractivity contribution is 0.161. The second kappa shape index (κ2) is 6.16. The number of nitrogens with two attached hydrogens (primary N) is 1. The number of pyridine rings is 1. The Hall–Kier alpha value is -1.13. The molecule has 2 atom stereocenters. The van der Waals surface area contributed by atoms with Crippen LogP contribution in [0.2, 0.25) is 0 Å². The Balaban J connectivity index is 1.98. The summed E-state index contributed by atoms with van der Waals surface area (Å²) in [6.45, 7) is 5.09. The minimum Gasteiger partial charge on any atom is -0.384 e. The fourth-order valence-corrected chi connectivity index (χ4v) is 2.45. The van der Waals surface area contributed by atoms with Gasteiger partial charge in [0.2, 0.25) is 0 Å². The standard InChI is InChI=1S/C14H23N3O/c1-3-13(15)14-5-4-12(8-16-14)17-7-6-11(9-17)10-18-2/h4-5,8,11,13H,3,6-7,9-10,15H2,1-2H3/t11?,13-/m1/s1. The van der Waals surface area contributed by atoms with Crippen LogP contribution in [0.1, 0.15) is 31.5 Å². The van der Waals surface area contributed by atoms with Gasteiger partial charge in [0.1, 0.15) is 0 Å². The molecule has 1 aliphatic heterocycles. The number of methoxy groups -OCH3 is 1. The van der Waals surface area contributed by atoms with E-state index in [0.717, 1.165) is 31.8 Å². The topological polar surface area (TPSA) is 51.4 Å². The lowest BCUT2D eigenvalue weighted by atomic mass is 10.1. The maximum atomic E-state index is 5.97. The van der Waals surface area contributed by atoms with E-state index in [9.17, 15) is 0 Å². The van der Waals surface area contributed by atoms with Gasteiger partial charge in [-0.1, -0.05) is 6.92 Å². The second-order valence-electron chi connectivity index (χ2n) is 5.01. The van der Waals surface area contributed by atoms with Crippen LogP contribution in [0, 0.1) is 5.92 Å². The van der Waals surface area contributed by atoms with Crippen molar-refractivity contribution < 1.29 is 4.74 Å². The summed E-state index contributed by atoms with van der Waals surface area (Å²) in [5.74, 6) is 0.646. The lowest BCUT2D eigenvalue weighted by Crippen LogP contribution is -2.21. The van der Waals surface area contributed by atoms with Gasteiger partial charge in [-0.25, -0.2) is 0 Å².